The van der Waals surface area contributed by atoms with Crippen molar-refractivity contribution in [2.24, 2.45) is 0 Å². The summed E-state index contributed by atoms with van der Waals surface area (Å²) in [6, 6.07) is 11.6. The van der Waals surface area contributed by atoms with Crippen molar-refractivity contribution in [2.45, 2.75) is 13.8 Å². The summed E-state index contributed by atoms with van der Waals surface area (Å²) < 4.78 is 1.06. The van der Waals surface area contributed by atoms with Crippen LogP contribution in [-0.2, 0) is 0 Å². The lowest BCUT2D eigenvalue weighted by Crippen LogP contribution is -1.98. The van der Waals surface area contributed by atoms with Crippen LogP contribution in [-0.4, -0.2) is 0 Å². The van der Waals surface area contributed by atoms with Gasteiger partial charge in [0.15, 0.2) is 0 Å². The Bertz CT molecular complexity index is 649. The molecule has 0 amide bonds. The highest BCUT2D eigenvalue weighted by molar-refractivity contribution is 9.10. The van der Waals surface area contributed by atoms with E-state index in [2.05, 4.69) is 39.4 Å². The van der Waals surface area contributed by atoms with Crippen LogP contribution in [0.15, 0.2) is 34.8 Å². The molecule has 96 valence electrons. The maximum atomic E-state index is 8.99. The number of halogens is 1. The first-order valence-electron chi connectivity index (χ1n) is 5.84. The molecule has 0 saturated heterocycles. The molecule has 0 radical (unpaired) electrons. The molecule has 0 bridgehead atoms. The van der Waals surface area contributed by atoms with Gasteiger partial charge in [-0.1, -0.05) is 15.9 Å². The van der Waals surface area contributed by atoms with Crippen LogP contribution in [0, 0.1) is 25.2 Å². The molecule has 0 unspecified atom stereocenters. The highest BCUT2D eigenvalue weighted by atomic mass is 79.9. The summed E-state index contributed by atoms with van der Waals surface area (Å²) >= 11 is 3.48. The number of anilines is 3. The molecule has 4 heteroatoms. The average Bonchev–Trinajstić information content (AvgIpc) is 2.35. The Kier molecular flexibility index (Phi) is 3.77. The summed E-state index contributed by atoms with van der Waals surface area (Å²) in [5.41, 5.74) is 10.9. The zero-order valence-electron chi connectivity index (χ0n) is 10.8. The molecule has 0 fully saturated rings. The van der Waals surface area contributed by atoms with Gasteiger partial charge in [0.2, 0.25) is 0 Å². The number of nitrogens with one attached hydrogen (secondary N) is 1. The van der Waals surface area contributed by atoms with Crippen LogP contribution in [0.2, 0.25) is 0 Å². The molecule has 0 spiro atoms. The number of nitrogens with two attached hydrogens (primary N) is 1. The van der Waals surface area contributed by atoms with E-state index in [1.807, 2.05) is 19.9 Å². The van der Waals surface area contributed by atoms with Crippen molar-refractivity contribution < 1.29 is 0 Å². The van der Waals surface area contributed by atoms with E-state index in [9.17, 15) is 0 Å². The lowest BCUT2D eigenvalue weighted by atomic mass is 10.1. The molecule has 0 aliphatic carbocycles. The van der Waals surface area contributed by atoms with Gasteiger partial charge in [0.1, 0.15) is 6.07 Å². The monoisotopic (exact) mass is 315 g/mol. The zero-order chi connectivity index (χ0) is 14.0. The Morgan fingerprint density at radius 1 is 1.16 bits per heavy atom. The lowest BCUT2D eigenvalue weighted by Gasteiger charge is -2.14. The Labute approximate surface area is 121 Å². The third-order valence-corrected chi connectivity index (χ3v) is 3.40. The van der Waals surface area contributed by atoms with Gasteiger partial charge in [-0.05, 0) is 55.3 Å². The van der Waals surface area contributed by atoms with E-state index in [0.717, 1.165) is 27.0 Å². The maximum absolute atomic E-state index is 8.99. The number of hydrogen-bond acceptors (Lipinski definition) is 3. The molecule has 19 heavy (non-hydrogen) atoms. The van der Waals surface area contributed by atoms with E-state index in [1.165, 1.54) is 0 Å². The fourth-order valence-corrected chi connectivity index (χ4v) is 2.67. The van der Waals surface area contributed by atoms with Gasteiger partial charge in [0.05, 0.1) is 5.56 Å². The summed E-state index contributed by atoms with van der Waals surface area (Å²) in [6.45, 7) is 4.09. The van der Waals surface area contributed by atoms with Gasteiger partial charge in [0.25, 0.3) is 0 Å². The summed E-state index contributed by atoms with van der Waals surface area (Å²) in [4.78, 5) is 0. The normalized spacial score (nSPS) is 10.0. The van der Waals surface area contributed by atoms with Crippen LogP contribution in [0.3, 0.4) is 0 Å². The smallest absolute Gasteiger partial charge is 0.101 e. The molecule has 0 aliphatic heterocycles. The van der Waals surface area contributed by atoms with E-state index >= 15 is 0 Å². The predicted molar refractivity (Wildman–Crippen MR) is 82.5 cm³/mol. The number of nitriles is 1. The molecule has 0 heterocycles. The highest BCUT2D eigenvalue weighted by Crippen LogP contribution is 2.29. The Morgan fingerprint density at radius 3 is 2.37 bits per heavy atom. The topological polar surface area (TPSA) is 61.8 Å². The first-order chi connectivity index (χ1) is 9.01. The average molecular weight is 316 g/mol. The Balaban J connectivity index is 2.40. The molecular formula is C15H14BrN3. The van der Waals surface area contributed by atoms with Gasteiger partial charge in [-0.25, -0.2) is 0 Å². The largest absolute Gasteiger partial charge is 0.398 e. The third-order valence-electron chi connectivity index (χ3n) is 2.94. The number of nitrogen functional groups attached to an aromatic ring is 1. The number of nitrogens with zero attached hydrogens (tertiary/aromatic N) is 1. The van der Waals surface area contributed by atoms with E-state index in [0.29, 0.717) is 11.3 Å². The van der Waals surface area contributed by atoms with E-state index < -0.39 is 0 Å². The fourth-order valence-electron chi connectivity index (χ4n) is 1.98. The minimum Gasteiger partial charge on any atom is -0.398 e. The molecular weight excluding hydrogens is 302 g/mol. The molecule has 0 atom stereocenters. The number of rotatable bonds is 2. The molecule has 2 rings (SSSR count). The van der Waals surface area contributed by atoms with E-state index in [1.54, 1.807) is 12.1 Å². The van der Waals surface area contributed by atoms with Crippen molar-refractivity contribution in [1.82, 2.24) is 0 Å². The van der Waals surface area contributed by atoms with Gasteiger partial charge >= 0.3 is 0 Å². The SMILES string of the molecule is Cc1cc(Br)cc(C)c1Nc1ccc(N)c(C#N)c1. The van der Waals surface area contributed by atoms with E-state index in [4.69, 9.17) is 11.0 Å². The molecule has 2 aromatic rings. The highest BCUT2D eigenvalue weighted by Gasteiger charge is 2.06. The van der Waals surface area contributed by atoms with Crippen LogP contribution >= 0.6 is 15.9 Å². The minimum atomic E-state index is 0.484. The summed E-state index contributed by atoms with van der Waals surface area (Å²) in [6.07, 6.45) is 0. The third kappa shape index (κ3) is 2.88. The first kappa shape index (κ1) is 13.4. The standard InChI is InChI=1S/C15H14BrN3/c1-9-5-12(16)6-10(2)15(9)19-13-3-4-14(18)11(7-13)8-17/h3-7,19H,18H2,1-2H3. The summed E-state index contributed by atoms with van der Waals surface area (Å²) in [5, 5.41) is 12.3. The Morgan fingerprint density at radius 2 is 1.79 bits per heavy atom. The predicted octanol–water partition coefficient (Wildman–Crippen LogP) is 4.26. The van der Waals surface area contributed by atoms with Crippen LogP contribution in [0.25, 0.3) is 0 Å². The molecule has 0 saturated carbocycles. The number of aryl methyl sites for hydroxylation is 2. The van der Waals surface area contributed by atoms with Crippen molar-refractivity contribution in [1.29, 1.82) is 5.26 Å². The first-order valence-corrected chi connectivity index (χ1v) is 6.64. The second-order valence-corrected chi connectivity index (χ2v) is 5.37. The van der Waals surface area contributed by atoms with Gasteiger partial charge < -0.3 is 11.1 Å². The Hall–Kier alpha value is -1.99. The molecule has 3 nitrogen and oxygen atoms in total. The van der Waals surface area contributed by atoms with E-state index in [-0.39, 0.29) is 0 Å². The second kappa shape index (κ2) is 5.33. The number of benzene rings is 2. The van der Waals surface area contributed by atoms with Gasteiger partial charge in [-0.3, -0.25) is 0 Å². The van der Waals surface area contributed by atoms with Gasteiger partial charge in [-0.2, -0.15) is 5.26 Å². The van der Waals surface area contributed by atoms with Crippen molar-refractivity contribution in [3.8, 4) is 6.07 Å². The quantitative estimate of drug-likeness (QED) is 0.814. The second-order valence-electron chi connectivity index (χ2n) is 4.45. The molecule has 3 N–H and O–H groups in total. The maximum Gasteiger partial charge on any atom is 0.101 e. The van der Waals surface area contributed by atoms with Crippen molar-refractivity contribution in [3.63, 3.8) is 0 Å². The lowest BCUT2D eigenvalue weighted by molar-refractivity contribution is 1.34. The molecule has 0 aromatic heterocycles. The fraction of sp³-hybridized carbons (Fsp3) is 0.133. The van der Waals surface area contributed by atoms with Crippen molar-refractivity contribution >= 4 is 33.0 Å². The van der Waals surface area contributed by atoms with Crippen LogP contribution in [0.5, 0.6) is 0 Å². The number of hydrogen-bond donors (Lipinski definition) is 2. The van der Waals surface area contributed by atoms with Gasteiger partial charge in [0, 0.05) is 21.5 Å². The van der Waals surface area contributed by atoms with Crippen LogP contribution in [0.1, 0.15) is 16.7 Å². The van der Waals surface area contributed by atoms with Crippen LogP contribution in [0.4, 0.5) is 17.1 Å². The van der Waals surface area contributed by atoms with Crippen molar-refractivity contribution in [2.75, 3.05) is 11.1 Å². The minimum absolute atomic E-state index is 0.484. The van der Waals surface area contributed by atoms with Gasteiger partial charge in [-0.15, -0.1) is 0 Å². The van der Waals surface area contributed by atoms with Crippen LogP contribution < -0.4 is 11.1 Å². The molecule has 0 aliphatic rings. The van der Waals surface area contributed by atoms with Crippen molar-refractivity contribution in [3.05, 3.63) is 51.5 Å². The summed E-state index contributed by atoms with van der Waals surface area (Å²) in [7, 11) is 0. The molecule has 2 aromatic carbocycles. The zero-order valence-corrected chi connectivity index (χ0v) is 12.4. The summed E-state index contributed by atoms with van der Waals surface area (Å²) in [5.74, 6) is 0.